The van der Waals surface area contributed by atoms with E-state index >= 15 is 0 Å². The summed E-state index contributed by atoms with van der Waals surface area (Å²) >= 11 is 4.29. The summed E-state index contributed by atoms with van der Waals surface area (Å²) in [5, 5.41) is 3.21. The number of nitrogens with one attached hydrogen (secondary N) is 1. The van der Waals surface area contributed by atoms with E-state index in [0.29, 0.717) is 6.04 Å². The van der Waals surface area contributed by atoms with Crippen molar-refractivity contribution in [3.63, 3.8) is 0 Å². The molecule has 0 fully saturated rings. The average Bonchev–Trinajstić information content (AvgIpc) is 2.04. The van der Waals surface area contributed by atoms with E-state index in [0.717, 1.165) is 11.3 Å². The van der Waals surface area contributed by atoms with E-state index in [2.05, 4.69) is 37.0 Å². The number of hydrogen-bond donors (Lipinski definition) is 2. The molecule has 0 radical (unpaired) electrons. The molecular weight excluding hydrogens is 166 g/mol. The first-order chi connectivity index (χ1) is 5.72. The Hall–Kier alpha value is -0.470. The van der Waals surface area contributed by atoms with Crippen molar-refractivity contribution in [2.24, 2.45) is 0 Å². The minimum Gasteiger partial charge on any atom is -0.317 e. The van der Waals surface area contributed by atoms with Crippen LogP contribution in [0.2, 0.25) is 0 Å². The fourth-order valence-corrected chi connectivity index (χ4v) is 1.39. The molecule has 0 amide bonds. The van der Waals surface area contributed by atoms with Gasteiger partial charge in [0.2, 0.25) is 0 Å². The number of likely N-dealkylation sites (N-methyl/N-ethyl adjacent to an activating group) is 1. The molecule has 12 heavy (non-hydrogen) atoms. The Kier molecular flexibility index (Phi) is 3.63. The van der Waals surface area contributed by atoms with Crippen molar-refractivity contribution >= 4 is 12.6 Å². The molecule has 0 aliphatic heterocycles. The molecule has 0 spiro atoms. The van der Waals surface area contributed by atoms with Gasteiger partial charge in [0.15, 0.2) is 0 Å². The summed E-state index contributed by atoms with van der Waals surface area (Å²) in [4.78, 5) is 1.04. The highest BCUT2D eigenvalue weighted by molar-refractivity contribution is 7.80. The number of thiol groups is 1. The summed E-state index contributed by atoms with van der Waals surface area (Å²) in [7, 11) is 1.98. The van der Waals surface area contributed by atoms with Gasteiger partial charge in [0.1, 0.15) is 0 Å². The lowest BCUT2D eigenvalue weighted by atomic mass is 10.1. The molecule has 0 aromatic heterocycles. The summed E-state index contributed by atoms with van der Waals surface area (Å²) in [5.74, 6) is 0. The van der Waals surface area contributed by atoms with E-state index in [-0.39, 0.29) is 0 Å². The Bertz CT molecular complexity index is 247. The van der Waals surface area contributed by atoms with Gasteiger partial charge in [-0.1, -0.05) is 12.1 Å². The average molecular weight is 181 g/mol. The van der Waals surface area contributed by atoms with Crippen LogP contribution >= 0.6 is 12.6 Å². The van der Waals surface area contributed by atoms with Gasteiger partial charge in [-0.05, 0) is 38.1 Å². The highest BCUT2D eigenvalue weighted by Gasteiger charge is 1.99. The largest absolute Gasteiger partial charge is 0.317 e. The Balaban J connectivity index is 2.63. The highest BCUT2D eigenvalue weighted by atomic mass is 32.1. The Labute approximate surface area is 79.6 Å². The minimum absolute atomic E-state index is 0.528. The van der Waals surface area contributed by atoms with E-state index in [4.69, 9.17) is 0 Å². The molecule has 0 aliphatic rings. The van der Waals surface area contributed by atoms with Crippen LogP contribution in [0.3, 0.4) is 0 Å². The molecule has 66 valence electrons. The fraction of sp³-hybridized carbons (Fsp3) is 0.400. The van der Waals surface area contributed by atoms with Crippen molar-refractivity contribution in [1.82, 2.24) is 5.32 Å². The zero-order valence-electron chi connectivity index (χ0n) is 7.54. The molecule has 0 saturated carbocycles. The number of rotatable bonds is 3. The standard InChI is InChI=1S/C10H15NS/c1-8(11-2)6-9-4-3-5-10(12)7-9/h3-5,7-8,11-12H,6H2,1-2H3. The summed E-state index contributed by atoms with van der Waals surface area (Å²) in [6.07, 6.45) is 1.06. The maximum atomic E-state index is 4.29. The quantitative estimate of drug-likeness (QED) is 0.681. The van der Waals surface area contributed by atoms with E-state index in [1.165, 1.54) is 5.56 Å². The first-order valence-corrected chi connectivity index (χ1v) is 4.62. The van der Waals surface area contributed by atoms with Crippen molar-refractivity contribution in [3.05, 3.63) is 29.8 Å². The van der Waals surface area contributed by atoms with Crippen LogP contribution in [0.1, 0.15) is 12.5 Å². The SMILES string of the molecule is CNC(C)Cc1cccc(S)c1. The first-order valence-electron chi connectivity index (χ1n) is 4.17. The molecule has 2 heteroatoms. The Morgan fingerprint density at radius 2 is 2.25 bits per heavy atom. The highest BCUT2D eigenvalue weighted by Crippen LogP contribution is 2.10. The summed E-state index contributed by atoms with van der Waals surface area (Å²) in [6, 6.07) is 8.81. The van der Waals surface area contributed by atoms with Crippen molar-refractivity contribution < 1.29 is 0 Å². The van der Waals surface area contributed by atoms with Crippen LogP contribution in [0.15, 0.2) is 29.2 Å². The van der Waals surface area contributed by atoms with Crippen LogP contribution in [-0.4, -0.2) is 13.1 Å². The summed E-state index contributed by atoms with van der Waals surface area (Å²) in [5.41, 5.74) is 1.34. The van der Waals surface area contributed by atoms with Crippen LogP contribution in [0, 0.1) is 0 Å². The predicted molar refractivity (Wildman–Crippen MR) is 55.9 cm³/mol. The van der Waals surface area contributed by atoms with Gasteiger partial charge < -0.3 is 5.32 Å². The summed E-state index contributed by atoms with van der Waals surface area (Å²) < 4.78 is 0. The number of benzene rings is 1. The zero-order chi connectivity index (χ0) is 8.97. The number of hydrogen-bond acceptors (Lipinski definition) is 2. The third kappa shape index (κ3) is 2.88. The van der Waals surface area contributed by atoms with Gasteiger partial charge in [0.05, 0.1) is 0 Å². The van der Waals surface area contributed by atoms with Crippen LogP contribution in [0.4, 0.5) is 0 Å². The monoisotopic (exact) mass is 181 g/mol. The topological polar surface area (TPSA) is 12.0 Å². The minimum atomic E-state index is 0.528. The van der Waals surface area contributed by atoms with Gasteiger partial charge in [-0.2, -0.15) is 0 Å². The molecule has 0 aliphatic carbocycles. The molecule has 1 aromatic carbocycles. The van der Waals surface area contributed by atoms with E-state index in [1.807, 2.05) is 19.2 Å². The van der Waals surface area contributed by atoms with Crippen molar-refractivity contribution in [2.75, 3.05) is 7.05 Å². The first kappa shape index (κ1) is 9.62. The van der Waals surface area contributed by atoms with Crippen LogP contribution in [0.5, 0.6) is 0 Å². The predicted octanol–water partition coefficient (Wildman–Crippen LogP) is 2.13. The molecule has 1 rings (SSSR count). The van der Waals surface area contributed by atoms with Gasteiger partial charge >= 0.3 is 0 Å². The maximum absolute atomic E-state index is 4.29. The van der Waals surface area contributed by atoms with Gasteiger partial charge in [0.25, 0.3) is 0 Å². The second kappa shape index (κ2) is 4.53. The molecule has 1 N–H and O–H groups in total. The van der Waals surface area contributed by atoms with E-state index < -0.39 is 0 Å². The normalized spacial score (nSPS) is 12.9. The second-order valence-corrected chi connectivity index (χ2v) is 3.58. The van der Waals surface area contributed by atoms with Crippen molar-refractivity contribution in [3.8, 4) is 0 Å². The Morgan fingerprint density at radius 1 is 1.50 bits per heavy atom. The van der Waals surface area contributed by atoms with E-state index in [9.17, 15) is 0 Å². The maximum Gasteiger partial charge on any atom is 0.00761 e. The smallest absolute Gasteiger partial charge is 0.00761 e. The lowest BCUT2D eigenvalue weighted by molar-refractivity contribution is 0.608. The molecule has 0 heterocycles. The van der Waals surface area contributed by atoms with Gasteiger partial charge in [-0.25, -0.2) is 0 Å². The lowest BCUT2D eigenvalue weighted by Crippen LogP contribution is -2.23. The lowest BCUT2D eigenvalue weighted by Gasteiger charge is -2.09. The van der Waals surface area contributed by atoms with Crippen LogP contribution in [-0.2, 0) is 6.42 Å². The fourth-order valence-electron chi connectivity index (χ4n) is 1.14. The molecule has 1 aromatic rings. The molecule has 1 unspecified atom stereocenters. The molecular formula is C10H15NS. The third-order valence-electron chi connectivity index (χ3n) is 1.95. The third-order valence-corrected chi connectivity index (χ3v) is 2.22. The van der Waals surface area contributed by atoms with Crippen LogP contribution < -0.4 is 5.32 Å². The van der Waals surface area contributed by atoms with E-state index in [1.54, 1.807) is 0 Å². The molecule has 0 saturated heterocycles. The molecule has 0 bridgehead atoms. The van der Waals surface area contributed by atoms with Crippen molar-refractivity contribution in [1.29, 1.82) is 0 Å². The zero-order valence-corrected chi connectivity index (χ0v) is 8.44. The van der Waals surface area contributed by atoms with Gasteiger partial charge in [0, 0.05) is 10.9 Å². The Morgan fingerprint density at radius 3 is 2.83 bits per heavy atom. The van der Waals surface area contributed by atoms with Gasteiger partial charge in [-0.3, -0.25) is 0 Å². The molecule has 1 nitrogen and oxygen atoms in total. The van der Waals surface area contributed by atoms with Gasteiger partial charge in [-0.15, -0.1) is 12.6 Å². The molecule has 1 atom stereocenters. The van der Waals surface area contributed by atoms with Crippen LogP contribution in [0.25, 0.3) is 0 Å². The van der Waals surface area contributed by atoms with Crippen molar-refractivity contribution in [2.45, 2.75) is 24.3 Å². The second-order valence-electron chi connectivity index (χ2n) is 3.06. The summed E-state index contributed by atoms with van der Waals surface area (Å²) in [6.45, 7) is 2.17.